The molecule has 0 aromatic heterocycles. The molecule has 0 aromatic carbocycles. The molecule has 0 aliphatic carbocycles. The second-order valence-electron chi connectivity index (χ2n) is 5.62. The summed E-state index contributed by atoms with van der Waals surface area (Å²) in [7, 11) is 0. The summed E-state index contributed by atoms with van der Waals surface area (Å²) in [5, 5.41) is 0. The summed E-state index contributed by atoms with van der Waals surface area (Å²) in [4.78, 5) is 13.7. The Kier molecular flexibility index (Phi) is 2.91. The fraction of sp³-hybridized carbons (Fsp3) is 0.909. The number of amides is 1. The molecular weight excluding hydrogens is 176 g/mol. The van der Waals surface area contributed by atoms with Crippen molar-refractivity contribution in [2.24, 2.45) is 11.1 Å². The lowest BCUT2D eigenvalue weighted by molar-refractivity contribution is -0.131. The van der Waals surface area contributed by atoms with Gasteiger partial charge in [-0.05, 0) is 47.1 Å². The van der Waals surface area contributed by atoms with E-state index < -0.39 is 0 Å². The fourth-order valence-corrected chi connectivity index (χ4v) is 2.01. The average molecular weight is 198 g/mol. The molecule has 1 heterocycles. The van der Waals surface area contributed by atoms with E-state index in [1.54, 1.807) is 0 Å². The van der Waals surface area contributed by atoms with Gasteiger partial charge in [0, 0.05) is 12.1 Å². The molecule has 0 bridgehead atoms. The Balaban J connectivity index is 2.74. The van der Waals surface area contributed by atoms with Gasteiger partial charge >= 0.3 is 0 Å². The first-order valence-electron chi connectivity index (χ1n) is 5.31. The highest BCUT2D eigenvalue weighted by atomic mass is 16.1. The first-order valence-corrected chi connectivity index (χ1v) is 5.31. The van der Waals surface area contributed by atoms with E-state index in [-0.39, 0.29) is 16.9 Å². The molecule has 0 aromatic rings. The number of hydrogen-bond donors (Lipinski definition) is 1. The van der Waals surface area contributed by atoms with Gasteiger partial charge in [-0.1, -0.05) is 0 Å². The van der Waals surface area contributed by atoms with E-state index in [0.29, 0.717) is 0 Å². The van der Waals surface area contributed by atoms with Crippen LogP contribution in [0.15, 0.2) is 0 Å². The van der Waals surface area contributed by atoms with Gasteiger partial charge in [0.15, 0.2) is 0 Å². The van der Waals surface area contributed by atoms with Crippen LogP contribution in [0.2, 0.25) is 0 Å². The number of nitrogens with two attached hydrogens (primary N) is 1. The standard InChI is InChI=1S/C11H22N2O/c1-10(2,3)13-7-5-6-11(4,8-13)9(12)14/h5-8H2,1-4H3,(H2,12,14). The maximum absolute atomic E-state index is 11.3. The molecule has 3 nitrogen and oxygen atoms in total. The van der Waals surface area contributed by atoms with E-state index in [4.69, 9.17) is 5.73 Å². The highest BCUT2D eigenvalue weighted by Gasteiger charge is 2.39. The van der Waals surface area contributed by atoms with Gasteiger partial charge in [0.05, 0.1) is 5.41 Å². The van der Waals surface area contributed by atoms with Crippen molar-refractivity contribution in [1.82, 2.24) is 4.90 Å². The molecule has 1 unspecified atom stereocenters. The Hall–Kier alpha value is -0.570. The predicted molar refractivity (Wildman–Crippen MR) is 57.9 cm³/mol. The number of piperidine rings is 1. The van der Waals surface area contributed by atoms with Crippen LogP contribution in [0.4, 0.5) is 0 Å². The quantitative estimate of drug-likeness (QED) is 0.691. The van der Waals surface area contributed by atoms with E-state index in [1.807, 2.05) is 6.92 Å². The minimum Gasteiger partial charge on any atom is -0.369 e. The Bertz CT molecular complexity index is 232. The van der Waals surface area contributed by atoms with E-state index in [1.165, 1.54) is 0 Å². The van der Waals surface area contributed by atoms with E-state index in [0.717, 1.165) is 25.9 Å². The third-order valence-electron chi connectivity index (χ3n) is 3.24. The lowest BCUT2D eigenvalue weighted by Gasteiger charge is -2.45. The van der Waals surface area contributed by atoms with Crippen molar-refractivity contribution >= 4 is 5.91 Å². The summed E-state index contributed by atoms with van der Waals surface area (Å²) in [5.74, 6) is -0.161. The van der Waals surface area contributed by atoms with Gasteiger partial charge in [0.2, 0.25) is 5.91 Å². The molecule has 1 fully saturated rings. The van der Waals surface area contributed by atoms with Crippen LogP contribution in [0.25, 0.3) is 0 Å². The first kappa shape index (κ1) is 11.5. The fourth-order valence-electron chi connectivity index (χ4n) is 2.01. The van der Waals surface area contributed by atoms with Crippen molar-refractivity contribution in [2.45, 2.75) is 46.1 Å². The predicted octanol–water partition coefficient (Wildman–Crippen LogP) is 1.37. The Morgan fingerprint density at radius 1 is 1.43 bits per heavy atom. The highest BCUT2D eigenvalue weighted by Crippen LogP contribution is 2.32. The molecule has 1 rings (SSSR count). The summed E-state index contributed by atoms with van der Waals surface area (Å²) in [6, 6.07) is 0. The lowest BCUT2D eigenvalue weighted by atomic mass is 9.79. The van der Waals surface area contributed by atoms with Crippen molar-refractivity contribution in [2.75, 3.05) is 13.1 Å². The molecule has 1 aliphatic heterocycles. The van der Waals surface area contributed by atoms with Crippen molar-refractivity contribution in [3.63, 3.8) is 0 Å². The number of primary amides is 1. The number of carbonyl (C=O) groups is 1. The second-order valence-corrected chi connectivity index (χ2v) is 5.62. The van der Waals surface area contributed by atoms with Gasteiger partial charge in [-0.2, -0.15) is 0 Å². The van der Waals surface area contributed by atoms with Crippen LogP contribution in [0.3, 0.4) is 0 Å². The zero-order valence-electron chi connectivity index (χ0n) is 9.76. The molecule has 1 amide bonds. The van der Waals surface area contributed by atoms with Crippen molar-refractivity contribution < 1.29 is 4.79 Å². The average Bonchev–Trinajstić information content (AvgIpc) is 2.02. The molecule has 2 N–H and O–H groups in total. The van der Waals surface area contributed by atoms with Crippen molar-refractivity contribution in [3.05, 3.63) is 0 Å². The molecule has 1 saturated heterocycles. The SMILES string of the molecule is CC1(C(N)=O)CCCN(C(C)(C)C)C1. The third-order valence-corrected chi connectivity index (χ3v) is 3.24. The van der Waals surface area contributed by atoms with E-state index in [9.17, 15) is 4.79 Å². The Morgan fingerprint density at radius 2 is 2.00 bits per heavy atom. The number of hydrogen-bond acceptors (Lipinski definition) is 2. The van der Waals surface area contributed by atoms with Gasteiger partial charge in [0.25, 0.3) is 0 Å². The van der Waals surface area contributed by atoms with Gasteiger partial charge in [0.1, 0.15) is 0 Å². The molecule has 0 spiro atoms. The number of nitrogens with zero attached hydrogens (tertiary/aromatic N) is 1. The molecule has 1 atom stereocenters. The monoisotopic (exact) mass is 198 g/mol. The molecular formula is C11H22N2O. The van der Waals surface area contributed by atoms with Gasteiger partial charge in [-0.25, -0.2) is 0 Å². The molecule has 0 saturated carbocycles. The van der Waals surface area contributed by atoms with Crippen LogP contribution in [-0.4, -0.2) is 29.4 Å². The zero-order valence-corrected chi connectivity index (χ0v) is 9.76. The van der Waals surface area contributed by atoms with Gasteiger partial charge < -0.3 is 5.73 Å². The van der Waals surface area contributed by atoms with Crippen LogP contribution in [0, 0.1) is 5.41 Å². The summed E-state index contributed by atoms with van der Waals surface area (Å²) >= 11 is 0. The summed E-state index contributed by atoms with van der Waals surface area (Å²) in [6.45, 7) is 10.4. The smallest absolute Gasteiger partial charge is 0.224 e. The topological polar surface area (TPSA) is 46.3 Å². The normalized spacial score (nSPS) is 30.3. The van der Waals surface area contributed by atoms with Crippen LogP contribution in [0.1, 0.15) is 40.5 Å². The largest absolute Gasteiger partial charge is 0.369 e. The molecule has 0 radical (unpaired) electrons. The Morgan fingerprint density at radius 3 is 2.43 bits per heavy atom. The maximum atomic E-state index is 11.3. The first-order chi connectivity index (χ1) is 6.26. The second kappa shape index (κ2) is 3.54. The van der Waals surface area contributed by atoms with Crippen molar-refractivity contribution in [3.8, 4) is 0 Å². The molecule has 82 valence electrons. The highest BCUT2D eigenvalue weighted by molar-refractivity contribution is 5.80. The molecule has 1 aliphatic rings. The molecule has 14 heavy (non-hydrogen) atoms. The minimum absolute atomic E-state index is 0.136. The van der Waals surface area contributed by atoms with Crippen LogP contribution in [-0.2, 0) is 4.79 Å². The van der Waals surface area contributed by atoms with Crippen LogP contribution < -0.4 is 5.73 Å². The van der Waals surface area contributed by atoms with Crippen LogP contribution >= 0.6 is 0 Å². The minimum atomic E-state index is -0.328. The Labute approximate surface area is 86.6 Å². The number of rotatable bonds is 1. The summed E-state index contributed by atoms with van der Waals surface area (Å²) in [5.41, 5.74) is 5.25. The lowest BCUT2D eigenvalue weighted by Crippen LogP contribution is -2.54. The van der Waals surface area contributed by atoms with E-state index >= 15 is 0 Å². The van der Waals surface area contributed by atoms with Crippen molar-refractivity contribution in [1.29, 1.82) is 0 Å². The van der Waals surface area contributed by atoms with Crippen LogP contribution in [0.5, 0.6) is 0 Å². The summed E-state index contributed by atoms with van der Waals surface area (Å²) < 4.78 is 0. The molecule has 3 heteroatoms. The maximum Gasteiger partial charge on any atom is 0.224 e. The number of carbonyl (C=O) groups excluding carboxylic acids is 1. The van der Waals surface area contributed by atoms with E-state index in [2.05, 4.69) is 25.7 Å². The number of likely N-dealkylation sites (tertiary alicyclic amines) is 1. The summed E-state index contributed by atoms with van der Waals surface area (Å²) in [6.07, 6.45) is 1.99. The third kappa shape index (κ3) is 2.27. The van der Waals surface area contributed by atoms with Gasteiger partial charge in [-0.3, -0.25) is 9.69 Å². The van der Waals surface area contributed by atoms with Gasteiger partial charge in [-0.15, -0.1) is 0 Å². The zero-order chi connectivity index (χ0) is 11.0.